The fourth-order valence-electron chi connectivity index (χ4n) is 2.13. The van der Waals surface area contributed by atoms with Crippen LogP contribution in [0.25, 0.3) is 0 Å². The Morgan fingerprint density at radius 2 is 2.40 bits per heavy atom. The van der Waals surface area contributed by atoms with Gasteiger partial charge >= 0.3 is 0 Å². The first-order valence-electron chi connectivity index (χ1n) is 5.62. The molecule has 0 aromatic rings. The lowest BCUT2D eigenvalue weighted by Gasteiger charge is -2.20. The van der Waals surface area contributed by atoms with Crippen molar-refractivity contribution in [2.75, 3.05) is 26.8 Å². The van der Waals surface area contributed by atoms with Gasteiger partial charge in [0.25, 0.3) is 0 Å². The fourth-order valence-corrected chi connectivity index (χ4v) is 2.13. The molecule has 2 atom stereocenters. The van der Waals surface area contributed by atoms with Gasteiger partial charge in [-0.1, -0.05) is 13.3 Å². The number of carbonyl (C=O) groups is 1. The van der Waals surface area contributed by atoms with Gasteiger partial charge in [0.1, 0.15) is 0 Å². The van der Waals surface area contributed by atoms with Gasteiger partial charge in [0, 0.05) is 26.6 Å². The van der Waals surface area contributed by atoms with Crippen molar-refractivity contribution in [3.8, 4) is 0 Å². The minimum atomic E-state index is -0.556. The molecule has 1 heterocycles. The summed E-state index contributed by atoms with van der Waals surface area (Å²) in [4.78, 5) is 13.3. The summed E-state index contributed by atoms with van der Waals surface area (Å²) in [5.41, 5.74) is 0. The highest BCUT2D eigenvalue weighted by Crippen LogP contribution is 2.22. The van der Waals surface area contributed by atoms with Gasteiger partial charge in [0.05, 0.1) is 12.7 Å². The highest BCUT2D eigenvalue weighted by atomic mass is 16.5. The Labute approximate surface area is 91.2 Å². The summed E-state index contributed by atoms with van der Waals surface area (Å²) in [5.74, 6) is 0.654. The van der Waals surface area contributed by atoms with Crippen molar-refractivity contribution in [2.45, 2.75) is 32.3 Å². The predicted octanol–water partition coefficient (Wildman–Crippen LogP) is 0.642. The Kier molecular flexibility index (Phi) is 5.05. The summed E-state index contributed by atoms with van der Waals surface area (Å²) >= 11 is 0. The maximum atomic E-state index is 11.6. The van der Waals surface area contributed by atoms with Crippen molar-refractivity contribution < 1.29 is 14.6 Å². The van der Waals surface area contributed by atoms with Crippen LogP contribution >= 0.6 is 0 Å². The van der Waals surface area contributed by atoms with Crippen LogP contribution in [0, 0.1) is 5.92 Å². The van der Waals surface area contributed by atoms with Crippen molar-refractivity contribution in [1.29, 1.82) is 0 Å². The van der Waals surface area contributed by atoms with Crippen LogP contribution in [0.1, 0.15) is 26.2 Å². The first kappa shape index (κ1) is 12.5. The maximum Gasteiger partial charge on any atom is 0.223 e. The molecule has 1 amide bonds. The van der Waals surface area contributed by atoms with Crippen LogP contribution < -0.4 is 0 Å². The number of amides is 1. The zero-order chi connectivity index (χ0) is 11.3. The Bertz CT molecular complexity index is 208. The molecular weight excluding hydrogens is 194 g/mol. The topological polar surface area (TPSA) is 49.8 Å². The molecule has 0 spiro atoms. The maximum absolute atomic E-state index is 11.6. The molecule has 1 aliphatic heterocycles. The third-order valence-corrected chi connectivity index (χ3v) is 2.78. The number of aliphatic hydroxyl groups excluding tert-OH is 1. The van der Waals surface area contributed by atoms with Gasteiger partial charge in [-0.15, -0.1) is 0 Å². The molecule has 2 unspecified atom stereocenters. The van der Waals surface area contributed by atoms with E-state index in [-0.39, 0.29) is 5.91 Å². The number of rotatable bonds is 6. The van der Waals surface area contributed by atoms with E-state index >= 15 is 0 Å². The van der Waals surface area contributed by atoms with Crippen molar-refractivity contribution in [3.05, 3.63) is 0 Å². The Morgan fingerprint density at radius 3 is 3.00 bits per heavy atom. The van der Waals surface area contributed by atoms with Crippen LogP contribution in [0.4, 0.5) is 0 Å². The molecule has 0 aliphatic carbocycles. The van der Waals surface area contributed by atoms with Crippen LogP contribution in [0.5, 0.6) is 0 Å². The van der Waals surface area contributed by atoms with E-state index in [1.165, 1.54) is 0 Å². The highest BCUT2D eigenvalue weighted by molar-refractivity contribution is 5.78. The second-order valence-corrected chi connectivity index (χ2v) is 4.27. The number of hydrogen-bond acceptors (Lipinski definition) is 3. The molecule has 0 radical (unpaired) electrons. The summed E-state index contributed by atoms with van der Waals surface area (Å²) in [6.45, 7) is 3.63. The monoisotopic (exact) mass is 215 g/mol. The van der Waals surface area contributed by atoms with E-state index in [0.29, 0.717) is 25.5 Å². The van der Waals surface area contributed by atoms with E-state index in [4.69, 9.17) is 4.74 Å². The van der Waals surface area contributed by atoms with Gasteiger partial charge in [-0.25, -0.2) is 0 Å². The molecule has 15 heavy (non-hydrogen) atoms. The second-order valence-electron chi connectivity index (χ2n) is 4.27. The number of nitrogens with zero attached hydrogens (tertiary/aromatic N) is 1. The smallest absolute Gasteiger partial charge is 0.223 e. The SMILES string of the molecule is CCCC1CC(=O)N(CC(O)COC)C1. The van der Waals surface area contributed by atoms with Crippen LogP contribution in [-0.4, -0.2) is 48.8 Å². The van der Waals surface area contributed by atoms with E-state index in [1.807, 2.05) is 0 Å². The molecule has 0 aromatic carbocycles. The highest BCUT2D eigenvalue weighted by Gasteiger charge is 2.29. The van der Waals surface area contributed by atoms with Crippen LogP contribution in [0.15, 0.2) is 0 Å². The lowest BCUT2D eigenvalue weighted by atomic mass is 10.0. The zero-order valence-corrected chi connectivity index (χ0v) is 9.61. The Morgan fingerprint density at radius 1 is 1.67 bits per heavy atom. The zero-order valence-electron chi connectivity index (χ0n) is 9.61. The van der Waals surface area contributed by atoms with Gasteiger partial charge in [-0.3, -0.25) is 4.79 Å². The molecule has 1 aliphatic rings. The van der Waals surface area contributed by atoms with Gasteiger partial charge in [-0.2, -0.15) is 0 Å². The van der Waals surface area contributed by atoms with E-state index in [1.54, 1.807) is 12.0 Å². The second kappa shape index (κ2) is 6.08. The van der Waals surface area contributed by atoms with Crippen molar-refractivity contribution in [2.24, 2.45) is 5.92 Å². The molecule has 0 saturated carbocycles. The van der Waals surface area contributed by atoms with Crippen molar-refractivity contribution in [1.82, 2.24) is 4.90 Å². The lowest BCUT2D eigenvalue weighted by Crippen LogP contribution is -2.35. The number of methoxy groups -OCH3 is 1. The quantitative estimate of drug-likeness (QED) is 0.707. The Balaban J connectivity index is 2.33. The molecular formula is C11H21NO3. The summed E-state index contributed by atoms with van der Waals surface area (Å²) in [5, 5.41) is 9.52. The minimum absolute atomic E-state index is 0.170. The molecule has 1 rings (SSSR count). The molecule has 1 N–H and O–H groups in total. The van der Waals surface area contributed by atoms with E-state index < -0.39 is 6.10 Å². The van der Waals surface area contributed by atoms with Crippen LogP contribution in [0.3, 0.4) is 0 Å². The first-order chi connectivity index (χ1) is 7.17. The number of carbonyl (C=O) groups excluding carboxylic acids is 1. The van der Waals surface area contributed by atoms with E-state index in [2.05, 4.69) is 6.92 Å². The molecule has 1 fully saturated rings. The van der Waals surface area contributed by atoms with Gasteiger partial charge < -0.3 is 14.7 Å². The molecule has 4 heteroatoms. The van der Waals surface area contributed by atoms with Crippen molar-refractivity contribution >= 4 is 5.91 Å². The molecule has 0 bridgehead atoms. The predicted molar refractivity (Wildman–Crippen MR) is 57.5 cm³/mol. The lowest BCUT2D eigenvalue weighted by molar-refractivity contribution is -0.129. The summed E-state index contributed by atoms with van der Waals surface area (Å²) < 4.78 is 4.84. The third kappa shape index (κ3) is 3.80. The third-order valence-electron chi connectivity index (χ3n) is 2.78. The first-order valence-corrected chi connectivity index (χ1v) is 5.62. The molecule has 0 aromatic heterocycles. The van der Waals surface area contributed by atoms with Gasteiger partial charge in [0.15, 0.2) is 0 Å². The van der Waals surface area contributed by atoms with E-state index in [0.717, 1.165) is 19.4 Å². The summed E-state index contributed by atoms with van der Waals surface area (Å²) in [7, 11) is 1.55. The Hall–Kier alpha value is -0.610. The number of ether oxygens (including phenoxy) is 1. The largest absolute Gasteiger partial charge is 0.389 e. The van der Waals surface area contributed by atoms with Gasteiger partial charge in [-0.05, 0) is 12.3 Å². The summed E-state index contributed by atoms with van der Waals surface area (Å²) in [6.07, 6.45) is 2.31. The number of likely N-dealkylation sites (tertiary alicyclic amines) is 1. The van der Waals surface area contributed by atoms with Crippen LogP contribution in [0.2, 0.25) is 0 Å². The fraction of sp³-hybridized carbons (Fsp3) is 0.909. The number of β-amino-alcohol motifs (C(OH)–C–C–N with tert-alkyl or cyclic N) is 1. The number of hydrogen-bond donors (Lipinski definition) is 1. The van der Waals surface area contributed by atoms with E-state index in [9.17, 15) is 9.90 Å². The average Bonchev–Trinajstić information content (AvgIpc) is 2.48. The van der Waals surface area contributed by atoms with Crippen LogP contribution in [-0.2, 0) is 9.53 Å². The molecule has 1 saturated heterocycles. The summed E-state index contributed by atoms with van der Waals surface area (Å²) in [6, 6.07) is 0. The molecule has 88 valence electrons. The van der Waals surface area contributed by atoms with Gasteiger partial charge in [0.2, 0.25) is 5.91 Å². The minimum Gasteiger partial charge on any atom is -0.389 e. The average molecular weight is 215 g/mol. The molecule has 4 nitrogen and oxygen atoms in total. The normalized spacial score (nSPS) is 23.5. The van der Waals surface area contributed by atoms with Crippen molar-refractivity contribution in [3.63, 3.8) is 0 Å². The number of aliphatic hydroxyl groups is 1. The standard InChI is InChI=1S/C11H21NO3/c1-3-4-9-5-11(14)12(6-9)7-10(13)8-15-2/h9-10,13H,3-8H2,1-2H3.